The minimum Gasteiger partial charge on any atom is -0.508 e. The molecule has 2 nitrogen and oxygen atoms in total. The number of rotatable bonds is 2. The van der Waals surface area contributed by atoms with Crippen molar-refractivity contribution >= 4 is 11.9 Å². The number of hydrogen-bond acceptors (Lipinski definition) is 2. The molecule has 0 aliphatic rings. The third-order valence-electron chi connectivity index (χ3n) is 1.83. The highest BCUT2D eigenvalue weighted by atomic mass is 16.3. The zero-order valence-corrected chi connectivity index (χ0v) is 7.74. The molecule has 0 amide bonds. The van der Waals surface area contributed by atoms with Crippen molar-refractivity contribution in [1.29, 1.82) is 0 Å². The monoisotopic (exact) mass is 176 g/mol. The summed E-state index contributed by atoms with van der Waals surface area (Å²) in [5.41, 5.74) is 1.64. The van der Waals surface area contributed by atoms with Crippen molar-refractivity contribution in [1.82, 2.24) is 0 Å². The molecule has 0 bridgehead atoms. The summed E-state index contributed by atoms with van der Waals surface area (Å²) in [6.07, 6.45) is 1.79. The number of Topliss-reactive ketones (excluding diaryl/α,β-unsaturated/α-hetero) is 1. The Balaban J connectivity index is 2.92. The Morgan fingerprint density at radius 1 is 1.23 bits per heavy atom. The summed E-state index contributed by atoms with van der Waals surface area (Å²) in [7, 11) is 0. The predicted molar refractivity (Wildman–Crippen MR) is 52.4 cm³/mol. The third kappa shape index (κ3) is 2.75. The minimum absolute atomic E-state index is 0.0630. The number of carbonyl (C=O) groups is 1. The molecule has 1 aromatic carbocycles. The zero-order valence-electron chi connectivity index (χ0n) is 7.74. The molecule has 0 heterocycles. The molecule has 0 spiro atoms. The average molecular weight is 176 g/mol. The van der Waals surface area contributed by atoms with Crippen LogP contribution in [-0.2, 0) is 4.79 Å². The molecular weight excluding hydrogens is 164 g/mol. The summed E-state index contributed by atoms with van der Waals surface area (Å²) in [6.45, 7) is 3.31. The number of phenolic OH excluding ortho intramolecular Hbond substituents is 1. The van der Waals surface area contributed by atoms with Crippen LogP contribution in [0, 0.1) is 0 Å². The standard InChI is InChI=1S/C11H12O2/c1-8(9(2)12)7-10-3-5-11(13)6-4-10/h3-7,13H,1-2H3/b8-7+. The Labute approximate surface area is 77.5 Å². The first-order valence-corrected chi connectivity index (χ1v) is 4.08. The van der Waals surface area contributed by atoms with Gasteiger partial charge in [0.05, 0.1) is 0 Å². The summed E-state index contributed by atoms with van der Waals surface area (Å²) < 4.78 is 0. The van der Waals surface area contributed by atoms with Gasteiger partial charge in [-0.1, -0.05) is 12.1 Å². The van der Waals surface area contributed by atoms with Gasteiger partial charge in [-0.2, -0.15) is 0 Å². The lowest BCUT2D eigenvalue weighted by Gasteiger charge is -1.96. The smallest absolute Gasteiger partial charge is 0.155 e. The van der Waals surface area contributed by atoms with E-state index < -0.39 is 0 Å². The van der Waals surface area contributed by atoms with Crippen molar-refractivity contribution in [3.05, 3.63) is 35.4 Å². The van der Waals surface area contributed by atoms with Crippen molar-refractivity contribution < 1.29 is 9.90 Å². The third-order valence-corrected chi connectivity index (χ3v) is 1.83. The van der Waals surface area contributed by atoms with Gasteiger partial charge in [-0.25, -0.2) is 0 Å². The lowest BCUT2D eigenvalue weighted by Crippen LogP contribution is -1.90. The molecule has 0 aromatic heterocycles. The van der Waals surface area contributed by atoms with Gasteiger partial charge >= 0.3 is 0 Å². The number of carbonyl (C=O) groups excluding carboxylic acids is 1. The highest BCUT2D eigenvalue weighted by Crippen LogP contribution is 2.12. The normalized spacial score (nSPS) is 11.4. The summed E-state index contributed by atoms with van der Waals surface area (Å²) in [4.78, 5) is 10.9. The van der Waals surface area contributed by atoms with Crippen LogP contribution in [0.5, 0.6) is 5.75 Å². The summed E-state index contributed by atoms with van der Waals surface area (Å²) in [6, 6.07) is 6.72. The van der Waals surface area contributed by atoms with Crippen LogP contribution >= 0.6 is 0 Å². The van der Waals surface area contributed by atoms with Crippen molar-refractivity contribution in [2.75, 3.05) is 0 Å². The first-order valence-electron chi connectivity index (χ1n) is 4.08. The molecule has 0 unspecified atom stereocenters. The van der Waals surface area contributed by atoms with Gasteiger partial charge in [0.25, 0.3) is 0 Å². The second-order valence-corrected chi connectivity index (χ2v) is 2.98. The first kappa shape index (κ1) is 9.52. The molecule has 1 N–H and O–H groups in total. The van der Waals surface area contributed by atoms with Crippen LogP contribution in [0.1, 0.15) is 19.4 Å². The maximum absolute atomic E-state index is 10.9. The Bertz CT molecular complexity index is 334. The van der Waals surface area contributed by atoms with Gasteiger partial charge in [0.1, 0.15) is 5.75 Å². The lowest BCUT2D eigenvalue weighted by molar-refractivity contribution is -0.113. The molecule has 2 heteroatoms. The van der Waals surface area contributed by atoms with E-state index in [1.165, 1.54) is 6.92 Å². The number of aromatic hydroxyl groups is 1. The molecule has 1 rings (SSSR count). The van der Waals surface area contributed by atoms with Gasteiger partial charge in [-0.05, 0) is 43.2 Å². The Morgan fingerprint density at radius 2 is 1.77 bits per heavy atom. The van der Waals surface area contributed by atoms with Crippen molar-refractivity contribution in [2.24, 2.45) is 0 Å². The first-order chi connectivity index (χ1) is 6.09. The molecular formula is C11H12O2. The SMILES string of the molecule is CC(=O)/C(C)=C/c1ccc(O)cc1. The van der Waals surface area contributed by atoms with E-state index in [4.69, 9.17) is 5.11 Å². The van der Waals surface area contributed by atoms with Gasteiger partial charge in [0.15, 0.2) is 5.78 Å². The van der Waals surface area contributed by atoms with Crippen molar-refractivity contribution in [2.45, 2.75) is 13.8 Å². The van der Waals surface area contributed by atoms with Crippen molar-refractivity contribution in [3.8, 4) is 5.75 Å². The average Bonchev–Trinajstić information content (AvgIpc) is 2.08. The van der Waals surface area contributed by atoms with Crippen LogP contribution < -0.4 is 0 Å². The highest BCUT2D eigenvalue weighted by molar-refractivity contribution is 5.97. The largest absolute Gasteiger partial charge is 0.508 e. The van der Waals surface area contributed by atoms with Gasteiger partial charge < -0.3 is 5.11 Å². The molecule has 0 saturated heterocycles. The molecule has 13 heavy (non-hydrogen) atoms. The van der Waals surface area contributed by atoms with Gasteiger partial charge in [-0.3, -0.25) is 4.79 Å². The second-order valence-electron chi connectivity index (χ2n) is 2.98. The van der Waals surface area contributed by atoms with Gasteiger partial charge in [0.2, 0.25) is 0 Å². The number of allylic oxidation sites excluding steroid dienone is 1. The van der Waals surface area contributed by atoms with E-state index in [2.05, 4.69) is 0 Å². The molecule has 1 aromatic rings. The van der Waals surface area contributed by atoms with E-state index in [9.17, 15) is 4.79 Å². The van der Waals surface area contributed by atoms with Crippen LogP contribution in [0.3, 0.4) is 0 Å². The number of benzene rings is 1. The minimum atomic E-state index is 0.0630. The fourth-order valence-electron chi connectivity index (χ4n) is 0.922. The maximum Gasteiger partial charge on any atom is 0.155 e. The van der Waals surface area contributed by atoms with E-state index in [0.29, 0.717) is 5.57 Å². The quantitative estimate of drug-likeness (QED) is 0.702. The molecule has 0 aliphatic heterocycles. The highest BCUT2D eigenvalue weighted by Gasteiger charge is 1.96. The fraction of sp³-hybridized carbons (Fsp3) is 0.182. The van der Waals surface area contributed by atoms with Crippen LogP contribution in [0.25, 0.3) is 6.08 Å². The second kappa shape index (κ2) is 3.90. The van der Waals surface area contributed by atoms with Crippen LogP contribution in [-0.4, -0.2) is 10.9 Å². The number of ketones is 1. The topological polar surface area (TPSA) is 37.3 Å². The predicted octanol–water partition coefficient (Wildman–Crippen LogP) is 2.38. The molecule has 0 aliphatic carbocycles. The van der Waals surface area contributed by atoms with E-state index in [0.717, 1.165) is 5.56 Å². The van der Waals surface area contributed by atoms with E-state index in [1.54, 1.807) is 37.3 Å². The molecule has 0 atom stereocenters. The summed E-state index contributed by atoms with van der Waals surface area (Å²) >= 11 is 0. The Morgan fingerprint density at radius 3 is 2.23 bits per heavy atom. The van der Waals surface area contributed by atoms with Gasteiger partial charge in [-0.15, -0.1) is 0 Å². The van der Waals surface area contributed by atoms with Gasteiger partial charge in [0, 0.05) is 0 Å². The molecule has 68 valence electrons. The van der Waals surface area contributed by atoms with Crippen LogP contribution in [0.15, 0.2) is 29.8 Å². The number of phenols is 1. The summed E-state index contributed by atoms with van der Waals surface area (Å²) in [5, 5.41) is 9.01. The Kier molecular flexibility index (Phi) is 2.85. The maximum atomic E-state index is 10.9. The zero-order chi connectivity index (χ0) is 9.84. The lowest BCUT2D eigenvalue weighted by atomic mass is 10.1. The summed E-state index contributed by atoms with van der Waals surface area (Å²) in [5.74, 6) is 0.297. The van der Waals surface area contributed by atoms with E-state index in [1.807, 2.05) is 0 Å². The molecule has 0 fully saturated rings. The van der Waals surface area contributed by atoms with Crippen molar-refractivity contribution in [3.63, 3.8) is 0 Å². The number of hydrogen-bond donors (Lipinski definition) is 1. The fourth-order valence-corrected chi connectivity index (χ4v) is 0.922. The molecule has 0 radical (unpaired) electrons. The van der Waals surface area contributed by atoms with E-state index >= 15 is 0 Å². The molecule has 0 saturated carbocycles. The van der Waals surface area contributed by atoms with Crippen LogP contribution in [0.2, 0.25) is 0 Å². The van der Waals surface area contributed by atoms with Crippen LogP contribution in [0.4, 0.5) is 0 Å². The Hall–Kier alpha value is -1.57. The van der Waals surface area contributed by atoms with E-state index in [-0.39, 0.29) is 11.5 Å².